The van der Waals surface area contributed by atoms with Crippen molar-refractivity contribution in [2.45, 2.75) is 0 Å². The van der Waals surface area contributed by atoms with Crippen LogP contribution in [0.15, 0.2) is 36.4 Å². The van der Waals surface area contributed by atoms with Crippen LogP contribution in [0.1, 0.15) is 10.4 Å². The lowest BCUT2D eigenvalue weighted by molar-refractivity contribution is 0.102. The van der Waals surface area contributed by atoms with Crippen molar-refractivity contribution >= 4 is 35.0 Å². The average Bonchev–Trinajstić information content (AvgIpc) is 2.62. The molecule has 8 heteroatoms. The normalized spacial score (nSPS) is 9.92. The Morgan fingerprint density at radius 1 is 0.920 bits per heavy atom. The molecule has 2 N–H and O–H groups in total. The number of rotatable bonds is 5. The molecule has 0 aliphatic heterocycles. The summed E-state index contributed by atoms with van der Waals surface area (Å²) in [6, 6.07) is 9.58. The van der Waals surface area contributed by atoms with Gasteiger partial charge in [-0.05, 0) is 36.4 Å². The Balaban J connectivity index is 2.14. The first-order valence-corrected chi connectivity index (χ1v) is 7.54. The van der Waals surface area contributed by atoms with Gasteiger partial charge in [0.1, 0.15) is 0 Å². The molecule has 0 radical (unpaired) electrons. The number of carbonyl (C=O) groups excluding carboxylic acids is 2. The van der Waals surface area contributed by atoms with E-state index >= 15 is 0 Å². The molecule has 0 unspecified atom stereocenters. The third kappa shape index (κ3) is 4.54. The van der Waals surface area contributed by atoms with Crippen molar-refractivity contribution in [3.05, 3.63) is 47.0 Å². The fraction of sp³-hybridized carbons (Fsp3) is 0.176. The summed E-state index contributed by atoms with van der Waals surface area (Å²) in [6.45, 7) is 0. The van der Waals surface area contributed by atoms with Gasteiger partial charge in [-0.1, -0.05) is 11.6 Å². The van der Waals surface area contributed by atoms with Crippen LogP contribution >= 0.6 is 11.6 Å². The highest BCUT2D eigenvalue weighted by atomic mass is 35.5. The number of carbonyl (C=O) groups is 2. The van der Waals surface area contributed by atoms with Crippen molar-refractivity contribution < 1.29 is 23.8 Å². The van der Waals surface area contributed by atoms with E-state index in [0.29, 0.717) is 28.4 Å². The van der Waals surface area contributed by atoms with Crippen molar-refractivity contribution in [1.82, 2.24) is 0 Å². The van der Waals surface area contributed by atoms with Crippen LogP contribution in [0.4, 0.5) is 16.2 Å². The summed E-state index contributed by atoms with van der Waals surface area (Å²) in [5.41, 5.74) is 1.41. The van der Waals surface area contributed by atoms with Gasteiger partial charge in [0.25, 0.3) is 5.91 Å². The maximum absolute atomic E-state index is 12.4. The van der Waals surface area contributed by atoms with Crippen LogP contribution in [-0.4, -0.2) is 33.3 Å². The number of halogens is 1. The number of nitrogens with one attached hydrogen (secondary N) is 2. The van der Waals surface area contributed by atoms with Crippen LogP contribution < -0.4 is 20.1 Å². The van der Waals surface area contributed by atoms with Crippen LogP contribution in [-0.2, 0) is 4.74 Å². The first-order valence-electron chi connectivity index (χ1n) is 7.16. The number of methoxy groups -OCH3 is 3. The third-order valence-corrected chi connectivity index (χ3v) is 3.55. The second-order valence-electron chi connectivity index (χ2n) is 4.84. The molecule has 2 rings (SSSR count). The quantitative estimate of drug-likeness (QED) is 0.843. The standard InChI is InChI=1S/C17H17ClN2O5/c1-23-14-9-10(8-13(18)15(14)24-2)16(21)19-11-4-6-12(7-5-11)20-17(22)25-3/h4-9H,1-3H3,(H,19,21)(H,20,22). The molecule has 0 saturated heterocycles. The highest BCUT2D eigenvalue weighted by Gasteiger charge is 2.15. The van der Waals surface area contributed by atoms with E-state index in [1.54, 1.807) is 24.3 Å². The van der Waals surface area contributed by atoms with Gasteiger partial charge in [0.2, 0.25) is 0 Å². The highest BCUT2D eigenvalue weighted by molar-refractivity contribution is 6.32. The number of anilines is 2. The van der Waals surface area contributed by atoms with E-state index in [1.165, 1.54) is 33.5 Å². The minimum atomic E-state index is -0.572. The summed E-state index contributed by atoms with van der Waals surface area (Å²) >= 11 is 6.11. The average molecular weight is 365 g/mol. The van der Waals surface area contributed by atoms with Gasteiger partial charge in [-0.15, -0.1) is 0 Å². The van der Waals surface area contributed by atoms with Gasteiger partial charge in [0, 0.05) is 16.9 Å². The molecule has 0 aromatic heterocycles. The van der Waals surface area contributed by atoms with Crippen molar-refractivity contribution in [2.24, 2.45) is 0 Å². The van der Waals surface area contributed by atoms with Crippen molar-refractivity contribution in [3.8, 4) is 11.5 Å². The van der Waals surface area contributed by atoms with Gasteiger partial charge in [0.15, 0.2) is 11.5 Å². The highest BCUT2D eigenvalue weighted by Crippen LogP contribution is 2.36. The van der Waals surface area contributed by atoms with Crippen molar-refractivity contribution in [1.29, 1.82) is 0 Å². The fourth-order valence-electron chi connectivity index (χ4n) is 2.06. The molecule has 0 fully saturated rings. The molecule has 0 heterocycles. The lowest BCUT2D eigenvalue weighted by Gasteiger charge is -2.12. The maximum Gasteiger partial charge on any atom is 0.411 e. The van der Waals surface area contributed by atoms with Crippen LogP contribution in [0.25, 0.3) is 0 Å². The lowest BCUT2D eigenvalue weighted by Crippen LogP contribution is -2.13. The smallest absolute Gasteiger partial charge is 0.411 e. The van der Waals surface area contributed by atoms with Crippen LogP contribution in [0.5, 0.6) is 11.5 Å². The molecule has 7 nitrogen and oxygen atoms in total. The minimum absolute atomic E-state index is 0.268. The van der Waals surface area contributed by atoms with E-state index in [2.05, 4.69) is 15.4 Å². The van der Waals surface area contributed by atoms with Crippen LogP contribution in [0, 0.1) is 0 Å². The molecule has 2 aromatic rings. The topological polar surface area (TPSA) is 85.9 Å². The van der Waals surface area contributed by atoms with E-state index in [9.17, 15) is 9.59 Å². The molecule has 0 spiro atoms. The molecular weight excluding hydrogens is 348 g/mol. The summed E-state index contributed by atoms with van der Waals surface area (Å²) in [7, 11) is 4.20. The van der Waals surface area contributed by atoms with Gasteiger partial charge in [0.05, 0.1) is 26.4 Å². The number of benzene rings is 2. The monoisotopic (exact) mass is 364 g/mol. The Kier molecular flexibility index (Phi) is 6.08. The predicted molar refractivity (Wildman–Crippen MR) is 95.0 cm³/mol. The predicted octanol–water partition coefficient (Wildman–Crippen LogP) is 3.79. The summed E-state index contributed by atoms with van der Waals surface area (Å²) in [5, 5.41) is 5.52. The number of hydrogen-bond acceptors (Lipinski definition) is 5. The minimum Gasteiger partial charge on any atom is -0.493 e. The molecule has 0 bridgehead atoms. The van der Waals surface area contributed by atoms with E-state index < -0.39 is 6.09 Å². The van der Waals surface area contributed by atoms with Crippen molar-refractivity contribution in [2.75, 3.05) is 32.0 Å². The second-order valence-corrected chi connectivity index (χ2v) is 5.25. The zero-order chi connectivity index (χ0) is 18.4. The Hall–Kier alpha value is -2.93. The summed E-state index contributed by atoms with van der Waals surface area (Å²) < 4.78 is 14.8. The summed E-state index contributed by atoms with van der Waals surface area (Å²) in [5.74, 6) is 0.355. The molecule has 0 saturated carbocycles. The molecule has 0 aliphatic carbocycles. The third-order valence-electron chi connectivity index (χ3n) is 3.27. The molecule has 2 amide bonds. The molecule has 0 aliphatic rings. The second kappa shape index (κ2) is 8.25. The van der Waals surface area contributed by atoms with Gasteiger partial charge < -0.3 is 19.5 Å². The Labute approximate surface area is 149 Å². The number of amides is 2. The number of hydrogen-bond donors (Lipinski definition) is 2. The first-order chi connectivity index (χ1) is 12.0. The molecular formula is C17H17ClN2O5. The summed E-state index contributed by atoms with van der Waals surface area (Å²) in [4.78, 5) is 23.5. The van der Waals surface area contributed by atoms with E-state index in [1.807, 2.05) is 0 Å². The maximum atomic E-state index is 12.4. The van der Waals surface area contributed by atoms with E-state index in [4.69, 9.17) is 21.1 Å². The molecule has 0 atom stereocenters. The van der Waals surface area contributed by atoms with Crippen molar-refractivity contribution in [3.63, 3.8) is 0 Å². The lowest BCUT2D eigenvalue weighted by atomic mass is 10.1. The van der Waals surface area contributed by atoms with Gasteiger partial charge in [-0.3, -0.25) is 10.1 Å². The first kappa shape index (κ1) is 18.4. The van der Waals surface area contributed by atoms with Gasteiger partial charge in [-0.2, -0.15) is 0 Å². The zero-order valence-corrected chi connectivity index (χ0v) is 14.6. The van der Waals surface area contributed by atoms with E-state index in [0.717, 1.165) is 0 Å². The summed E-state index contributed by atoms with van der Waals surface area (Å²) in [6.07, 6.45) is -0.572. The molecule has 2 aromatic carbocycles. The SMILES string of the molecule is COC(=O)Nc1ccc(NC(=O)c2cc(Cl)c(OC)c(OC)c2)cc1. The zero-order valence-electron chi connectivity index (χ0n) is 13.9. The van der Waals surface area contributed by atoms with Crippen LogP contribution in [0.2, 0.25) is 5.02 Å². The van der Waals surface area contributed by atoms with Crippen LogP contribution in [0.3, 0.4) is 0 Å². The largest absolute Gasteiger partial charge is 0.493 e. The molecule has 132 valence electrons. The molecule has 25 heavy (non-hydrogen) atoms. The number of ether oxygens (including phenoxy) is 3. The Morgan fingerprint density at radius 3 is 2.04 bits per heavy atom. The Bertz CT molecular complexity index is 777. The van der Waals surface area contributed by atoms with Gasteiger partial charge >= 0.3 is 6.09 Å². The van der Waals surface area contributed by atoms with E-state index in [-0.39, 0.29) is 10.9 Å². The fourth-order valence-corrected chi connectivity index (χ4v) is 2.35. The van der Waals surface area contributed by atoms with Gasteiger partial charge in [-0.25, -0.2) is 4.79 Å². The Morgan fingerprint density at radius 2 is 1.52 bits per heavy atom.